The molecule has 0 bridgehead atoms. The molecule has 0 aliphatic rings. The minimum atomic E-state index is -0.187. The number of hydrogen-bond acceptors (Lipinski definition) is 4. The molecule has 3 aromatic rings. The van der Waals surface area contributed by atoms with Crippen LogP contribution in [-0.2, 0) is 11.3 Å². The first-order valence-electron chi connectivity index (χ1n) is 7.07. The Kier molecular flexibility index (Phi) is 4.43. The second-order valence-electron chi connectivity index (χ2n) is 4.93. The Labute approximate surface area is 137 Å². The first-order valence-corrected chi connectivity index (χ1v) is 8.29. The summed E-state index contributed by atoms with van der Waals surface area (Å²) in [5, 5.41) is 7.51. The standard InChI is InChI=1S/C17H15N3O2S/c1-23-16-9-5-3-7-13(16)19-17(22)11-20-14-8-4-2-6-12(14)15(21)10-18-20/h2-10H,11H2,1H3,(H,19,22). The maximum Gasteiger partial charge on any atom is 0.246 e. The molecule has 1 heterocycles. The van der Waals surface area contributed by atoms with E-state index in [1.54, 1.807) is 30.0 Å². The molecule has 5 nitrogen and oxygen atoms in total. The molecule has 23 heavy (non-hydrogen) atoms. The number of para-hydroxylation sites is 2. The Balaban J connectivity index is 1.86. The number of carbonyl (C=O) groups is 1. The summed E-state index contributed by atoms with van der Waals surface area (Å²) in [5.74, 6) is -0.187. The third-order valence-corrected chi connectivity index (χ3v) is 4.23. The van der Waals surface area contributed by atoms with Crippen LogP contribution in [0.1, 0.15) is 0 Å². The highest BCUT2D eigenvalue weighted by Crippen LogP contribution is 2.24. The Hall–Kier alpha value is -2.60. The van der Waals surface area contributed by atoms with Crippen LogP contribution in [-0.4, -0.2) is 21.9 Å². The molecule has 0 fully saturated rings. The minimum absolute atomic E-state index is 0.0451. The van der Waals surface area contributed by atoms with Crippen molar-refractivity contribution in [3.05, 3.63) is 65.0 Å². The van der Waals surface area contributed by atoms with Gasteiger partial charge in [-0.15, -0.1) is 11.8 Å². The van der Waals surface area contributed by atoms with Crippen LogP contribution in [0.2, 0.25) is 0 Å². The number of fused-ring (bicyclic) bond motifs is 1. The summed E-state index contributed by atoms with van der Waals surface area (Å²) in [6, 6.07) is 14.8. The highest BCUT2D eigenvalue weighted by atomic mass is 32.2. The van der Waals surface area contributed by atoms with Crippen molar-refractivity contribution < 1.29 is 4.79 Å². The van der Waals surface area contributed by atoms with Gasteiger partial charge in [0.2, 0.25) is 11.3 Å². The van der Waals surface area contributed by atoms with Gasteiger partial charge in [0.15, 0.2) is 0 Å². The molecule has 0 saturated heterocycles. The molecule has 1 N–H and O–H groups in total. The Morgan fingerprint density at radius 2 is 1.91 bits per heavy atom. The average Bonchev–Trinajstić information content (AvgIpc) is 2.58. The number of benzene rings is 2. The van der Waals surface area contributed by atoms with Crippen molar-refractivity contribution in [3.8, 4) is 0 Å². The van der Waals surface area contributed by atoms with Crippen molar-refractivity contribution in [3.63, 3.8) is 0 Å². The van der Waals surface area contributed by atoms with E-state index in [1.165, 1.54) is 10.9 Å². The fourth-order valence-electron chi connectivity index (χ4n) is 2.36. The van der Waals surface area contributed by atoms with Crippen LogP contribution in [0.3, 0.4) is 0 Å². The molecule has 0 radical (unpaired) electrons. The first kappa shape index (κ1) is 15.3. The van der Waals surface area contributed by atoms with Crippen molar-refractivity contribution in [1.82, 2.24) is 9.78 Å². The number of thioether (sulfide) groups is 1. The van der Waals surface area contributed by atoms with Gasteiger partial charge in [0.1, 0.15) is 6.54 Å². The predicted octanol–water partition coefficient (Wildman–Crippen LogP) is 2.76. The van der Waals surface area contributed by atoms with E-state index in [9.17, 15) is 9.59 Å². The summed E-state index contributed by atoms with van der Waals surface area (Å²) >= 11 is 1.57. The number of hydrogen-bond donors (Lipinski definition) is 1. The summed E-state index contributed by atoms with van der Waals surface area (Å²) in [5.41, 5.74) is 1.27. The molecule has 0 unspecified atom stereocenters. The van der Waals surface area contributed by atoms with Gasteiger partial charge >= 0.3 is 0 Å². The average molecular weight is 325 g/mol. The summed E-state index contributed by atoms with van der Waals surface area (Å²) in [4.78, 5) is 25.1. The summed E-state index contributed by atoms with van der Waals surface area (Å²) in [6.45, 7) is 0.0451. The highest BCUT2D eigenvalue weighted by molar-refractivity contribution is 7.98. The molecule has 0 spiro atoms. The van der Waals surface area contributed by atoms with E-state index in [1.807, 2.05) is 36.6 Å². The van der Waals surface area contributed by atoms with Gasteiger partial charge in [0.25, 0.3) is 0 Å². The van der Waals surface area contributed by atoms with Gasteiger partial charge < -0.3 is 5.32 Å². The van der Waals surface area contributed by atoms with E-state index in [-0.39, 0.29) is 17.9 Å². The Morgan fingerprint density at radius 3 is 2.74 bits per heavy atom. The quantitative estimate of drug-likeness (QED) is 0.749. The predicted molar refractivity (Wildman–Crippen MR) is 92.9 cm³/mol. The molecule has 3 rings (SSSR count). The van der Waals surface area contributed by atoms with Gasteiger partial charge in [-0.3, -0.25) is 14.3 Å². The Morgan fingerprint density at radius 1 is 1.17 bits per heavy atom. The molecule has 0 aliphatic carbocycles. The maximum atomic E-state index is 12.3. The van der Waals surface area contributed by atoms with E-state index in [4.69, 9.17) is 0 Å². The molecule has 116 valence electrons. The van der Waals surface area contributed by atoms with Gasteiger partial charge in [-0.1, -0.05) is 24.3 Å². The summed E-state index contributed by atoms with van der Waals surface area (Å²) in [7, 11) is 0. The van der Waals surface area contributed by atoms with Crippen LogP contribution in [0.15, 0.2) is 64.4 Å². The zero-order valence-corrected chi connectivity index (χ0v) is 13.3. The largest absolute Gasteiger partial charge is 0.323 e. The van der Waals surface area contributed by atoms with Gasteiger partial charge in [-0.25, -0.2) is 0 Å². The van der Waals surface area contributed by atoms with Crippen LogP contribution >= 0.6 is 11.8 Å². The fraction of sp³-hybridized carbons (Fsp3) is 0.118. The number of amides is 1. The van der Waals surface area contributed by atoms with Crippen molar-refractivity contribution in [1.29, 1.82) is 0 Å². The normalized spacial score (nSPS) is 10.7. The minimum Gasteiger partial charge on any atom is -0.323 e. The number of nitrogens with zero attached hydrogens (tertiary/aromatic N) is 2. The third-order valence-electron chi connectivity index (χ3n) is 3.44. The number of aromatic nitrogens is 2. The number of anilines is 1. The molecule has 0 saturated carbocycles. The van der Waals surface area contributed by atoms with E-state index in [0.717, 1.165) is 10.6 Å². The van der Waals surface area contributed by atoms with Crippen LogP contribution < -0.4 is 10.7 Å². The SMILES string of the molecule is CSc1ccccc1NC(=O)Cn1ncc(=O)c2ccccc21. The lowest BCUT2D eigenvalue weighted by molar-refractivity contribution is -0.116. The first-order chi connectivity index (χ1) is 11.2. The summed E-state index contributed by atoms with van der Waals surface area (Å²) in [6.07, 6.45) is 3.20. The molecule has 0 aliphatic heterocycles. The van der Waals surface area contributed by atoms with Gasteiger partial charge in [-0.05, 0) is 30.5 Å². The molecular formula is C17H15N3O2S. The zero-order chi connectivity index (χ0) is 16.2. The smallest absolute Gasteiger partial charge is 0.246 e. The van der Waals surface area contributed by atoms with Crippen LogP contribution in [0.4, 0.5) is 5.69 Å². The van der Waals surface area contributed by atoms with E-state index < -0.39 is 0 Å². The van der Waals surface area contributed by atoms with Crippen molar-refractivity contribution in [2.24, 2.45) is 0 Å². The van der Waals surface area contributed by atoms with Crippen LogP contribution in [0, 0.1) is 0 Å². The summed E-state index contributed by atoms with van der Waals surface area (Å²) < 4.78 is 1.54. The topological polar surface area (TPSA) is 64.0 Å². The maximum absolute atomic E-state index is 12.3. The number of carbonyl (C=O) groups excluding carboxylic acids is 1. The lowest BCUT2D eigenvalue weighted by Gasteiger charge is -2.11. The molecule has 1 aromatic heterocycles. The van der Waals surface area contributed by atoms with Crippen LogP contribution in [0.5, 0.6) is 0 Å². The lowest BCUT2D eigenvalue weighted by Crippen LogP contribution is -2.22. The van der Waals surface area contributed by atoms with Crippen molar-refractivity contribution in [2.45, 2.75) is 11.4 Å². The van der Waals surface area contributed by atoms with E-state index in [2.05, 4.69) is 10.4 Å². The van der Waals surface area contributed by atoms with Gasteiger partial charge in [0, 0.05) is 10.3 Å². The molecule has 1 amide bonds. The second-order valence-corrected chi connectivity index (χ2v) is 5.78. The van der Waals surface area contributed by atoms with Crippen LogP contribution in [0.25, 0.3) is 10.9 Å². The monoisotopic (exact) mass is 325 g/mol. The number of nitrogens with one attached hydrogen (secondary N) is 1. The molecular weight excluding hydrogens is 310 g/mol. The molecule has 6 heteroatoms. The highest BCUT2D eigenvalue weighted by Gasteiger charge is 2.09. The number of rotatable bonds is 4. The van der Waals surface area contributed by atoms with Crippen molar-refractivity contribution in [2.75, 3.05) is 11.6 Å². The second kappa shape index (κ2) is 6.66. The van der Waals surface area contributed by atoms with E-state index in [0.29, 0.717) is 10.9 Å². The zero-order valence-electron chi connectivity index (χ0n) is 12.5. The third kappa shape index (κ3) is 3.27. The van der Waals surface area contributed by atoms with Crippen molar-refractivity contribution >= 4 is 34.3 Å². The Bertz CT molecular complexity index is 921. The lowest BCUT2D eigenvalue weighted by atomic mass is 10.2. The van der Waals surface area contributed by atoms with E-state index >= 15 is 0 Å². The molecule has 0 atom stereocenters. The fourth-order valence-corrected chi connectivity index (χ4v) is 2.91. The van der Waals surface area contributed by atoms with Gasteiger partial charge in [-0.2, -0.15) is 5.10 Å². The molecule has 2 aromatic carbocycles. The van der Waals surface area contributed by atoms with Gasteiger partial charge in [0.05, 0.1) is 17.4 Å².